The fourth-order valence-electron chi connectivity index (χ4n) is 0. The maximum atomic E-state index is 8.54. The molecule has 0 aromatic heterocycles. The van der Waals surface area contributed by atoms with E-state index in [1.807, 2.05) is 0 Å². The van der Waals surface area contributed by atoms with Crippen molar-refractivity contribution in [3.05, 3.63) is 0 Å². The zero-order valence-electron chi connectivity index (χ0n) is 2.43. The van der Waals surface area contributed by atoms with Crippen molar-refractivity contribution >= 4 is 16.2 Å². The molecule has 0 heterocycles. The van der Waals surface area contributed by atoms with E-state index in [1.165, 1.54) is 0 Å². The molecule has 0 amide bonds. The summed E-state index contributed by atoms with van der Waals surface area (Å²) >= 11 is -1.66. The van der Waals surface area contributed by atoms with Gasteiger partial charge in [-0.3, -0.25) is 0 Å². The molecule has 0 aromatic carbocycles. The van der Waals surface area contributed by atoms with E-state index in [0.717, 1.165) is 0 Å². The first-order valence-corrected chi connectivity index (χ1v) is 3.28. The second-order valence-corrected chi connectivity index (χ2v) is 0.493. The molecule has 3 nitrogen and oxygen atoms in total. The molecule has 0 N–H and O–H groups in total. The van der Waals surface area contributed by atoms with Gasteiger partial charge in [-0.2, -0.15) is 0 Å². The molecule has 0 radical (unpaired) electrons. The van der Waals surface area contributed by atoms with Gasteiger partial charge in [0.05, 0.1) is 0 Å². The Morgan fingerprint density at radius 3 is 1.20 bits per heavy atom. The number of hydrogen-bond acceptors (Lipinski definition) is 3. The standard InChI is InChI=1S/Al.3O.Zr.H. The average Bonchev–Trinajstić information content (AvgIpc) is 1.46. The first-order chi connectivity index (χ1) is 2.41. The average molecular weight is 167 g/mol. The summed E-state index contributed by atoms with van der Waals surface area (Å²) in [7, 11) is 0. The van der Waals surface area contributed by atoms with Gasteiger partial charge < -0.3 is 0 Å². The van der Waals surface area contributed by atoms with Gasteiger partial charge in [0.15, 0.2) is 0 Å². The Kier molecular flexibility index (Phi) is 39.4. The fraction of sp³-hybridized carbons (Fsp3) is 0. The monoisotopic (exact) mass is 166 g/mol. The zero-order chi connectivity index (χ0) is 4.71. The Balaban J connectivity index is 0. The molecule has 0 unspecified atom stereocenters. The van der Waals surface area contributed by atoms with Crippen LogP contribution in [0.25, 0.3) is 0 Å². The SMILES string of the molecule is [O]=[AlH].[O]=[Zr]=[O]. The molecule has 0 bridgehead atoms. The molecule has 5 heavy (non-hydrogen) atoms. The van der Waals surface area contributed by atoms with Crippen molar-refractivity contribution in [2.45, 2.75) is 0 Å². The Morgan fingerprint density at radius 1 is 1.20 bits per heavy atom. The van der Waals surface area contributed by atoms with E-state index < -0.39 is 23.2 Å². The van der Waals surface area contributed by atoms with Crippen molar-refractivity contribution in [3.8, 4) is 0 Å². The minimum absolute atomic E-state index is 0.611. The van der Waals surface area contributed by atoms with E-state index in [1.54, 1.807) is 0 Å². The summed E-state index contributed by atoms with van der Waals surface area (Å²) in [6.07, 6.45) is 0. The van der Waals surface area contributed by atoms with Crippen LogP contribution in [-0.2, 0) is 32.7 Å². The van der Waals surface area contributed by atoms with Crippen LogP contribution in [0.4, 0.5) is 0 Å². The fourth-order valence-corrected chi connectivity index (χ4v) is 0. The molecule has 0 aromatic rings. The van der Waals surface area contributed by atoms with E-state index in [2.05, 4.69) is 0 Å². The van der Waals surface area contributed by atoms with Crippen LogP contribution in [0.1, 0.15) is 0 Å². The Morgan fingerprint density at radius 2 is 1.20 bits per heavy atom. The zero-order valence-corrected chi connectivity index (χ0v) is 6.30. The van der Waals surface area contributed by atoms with Gasteiger partial charge in [0.1, 0.15) is 0 Å². The van der Waals surface area contributed by atoms with E-state index in [-0.39, 0.29) is 0 Å². The topological polar surface area (TPSA) is 51.2 Å². The molecule has 0 aliphatic heterocycles. The molecule has 0 spiro atoms. The molecule has 0 atom stereocenters. The first-order valence-electron chi connectivity index (χ1n) is 0.697. The predicted molar refractivity (Wildman–Crippen MR) is 9.21 cm³/mol. The Hall–Kier alpha value is 0.816. The van der Waals surface area contributed by atoms with Gasteiger partial charge in [0, 0.05) is 0 Å². The molecule has 26 valence electrons. The van der Waals surface area contributed by atoms with Gasteiger partial charge in [-0.25, -0.2) is 0 Å². The van der Waals surface area contributed by atoms with Crippen LogP contribution in [0, 0.1) is 0 Å². The van der Waals surface area contributed by atoms with Crippen LogP contribution in [0.5, 0.6) is 0 Å². The van der Waals surface area contributed by atoms with Crippen LogP contribution in [0.15, 0.2) is 0 Å². The molecular weight excluding hydrogens is 166 g/mol. The van der Waals surface area contributed by atoms with E-state index in [4.69, 9.17) is 9.43 Å². The second kappa shape index (κ2) is 21.3. The van der Waals surface area contributed by atoms with Crippen molar-refractivity contribution < 1.29 is 32.7 Å². The molecule has 0 aliphatic carbocycles. The van der Waals surface area contributed by atoms with Crippen LogP contribution in [-0.4, -0.2) is 16.2 Å². The van der Waals surface area contributed by atoms with Gasteiger partial charge in [0.25, 0.3) is 0 Å². The quantitative estimate of drug-likeness (QED) is 0.434. The number of rotatable bonds is 0. The van der Waals surface area contributed by atoms with Crippen molar-refractivity contribution in [2.75, 3.05) is 0 Å². The molecule has 0 saturated carbocycles. The minimum atomic E-state index is -2.27. The summed E-state index contributed by atoms with van der Waals surface area (Å²) in [4.78, 5) is 0. The van der Waals surface area contributed by atoms with E-state index in [0.29, 0.717) is 16.2 Å². The molecular formula is HAlO3Zr. The van der Waals surface area contributed by atoms with Crippen molar-refractivity contribution in [3.63, 3.8) is 0 Å². The summed E-state index contributed by atoms with van der Waals surface area (Å²) < 4.78 is 25.4. The third-order valence-electron chi connectivity index (χ3n) is 0. The summed E-state index contributed by atoms with van der Waals surface area (Å²) in [5, 5.41) is 0. The molecule has 0 fully saturated rings. The molecule has 0 rings (SSSR count). The Bertz CT molecular complexity index is 36.2. The van der Waals surface area contributed by atoms with Gasteiger partial charge in [-0.15, -0.1) is 0 Å². The van der Waals surface area contributed by atoms with Crippen molar-refractivity contribution in [1.29, 1.82) is 0 Å². The van der Waals surface area contributed by atoms with Crippen LogP contribution in [0.3, 0.4) is 0 Å². The summed E-state index contributed by atoms with van der Waals surface area (Å²) in [6, 6.07) is 0. The summed E-state index contributed by atoms with van der Waals surface area (Å²) in [6.45, 7) is 0. The Labute approximate surface area is 48.8 Å². The van der Waals surface area contributed by atoms with Crippen LogP contribution in [0.2, 0.25) is 0 Å². The predicted octanol–water partition coefficient (Wildman–Crippen LogP) is -1.01. The normalized spacial score (nSPS) is 2.20. The van der Waals surface area contributed by atoms with Crippen molar-refractivity contribution in [2.24, 2.45) is 0 Å². The second-order valence-electron chi connectivity index (χ2n) is 0.0833. The van der Waals surface area contributed by atoms with Gasteiger partial charge in [-0.1, -0.05) is 0 Å². The van der Waals surface area contributed by atoms with Crippen LogP contribution < -0.4 is 0 Å². The van der Waals surface area contributed by atoms with E-state index in [9.17, 15) is 0 Å². The third kappa shape index (κ3) is 57.4. The van der Waals surface area contributed by atoms with E-state index >= 15 is 0 Å². The third-order valence-corrected chi connectivity index (χ3v) is 0. The summed E-state index contributed by atoms with van der Waals surface area (Å²) in [5.74, 6) is 0. The molecule has 0 aliphatic rings. The van der Waals surface area contributed by atoms with Crippen molar-refractivity contribution in [1.82, 2.24) is 0 Å². The summed E-state index contributed by atoms with van der Waals surface area (Å²) in [5.41, 5.74) is 0. The van der Waals surface area contributed by atoms with Gasteiger partial charge in [0.2, 0.25) is 0 Å². The maximum absolute atomic E-state index is 8.54. The van der Waals surface area contributed by atoms with Crippen LogP contribution >= 0.6 is 0 Å². The van der Waals surface area contributed by atoms with Gasteiger partial charge >= 0.3 is 48.9 Å². The molecule has 0 saturated heterocycles. The van der Waals surface area contributed by atoms with Gasteiger partial charge in [-0.05, 0) is 0 Å². The molecule has 5 heteroatoms. The first kappa shape index (κ1) is 9.26. The number of hydrogen-bond donors (Lipinski definition) is 0.